The molecule has 0 radical (unpaired) electrons. The number of hydrogen-bond acceptors (Lipinski definition) is 9. The van der Waals surface area contributed by atoms with E-state index in [0.717, 1.165) is 25.7 Å². The summed E-state index contributed by atoms with van der Waals surface area (Å²) in [4.78, 5) is 12.6. The molecule has 4 aliphatic carbocycles. The Balaban J connectivity index is 1.51. The molecule has 5 fully saturated rings. The second-order valence-electron chi connectivity index (χ2n) is 12.9. The third-order valence-electron chi connectivity index (χ3n) is 11.3. The normalized spacial score (nSPS) is 56.6. The largest absolute Gasteiger partial charge is 0.481 e. The van der Waals surface area contributed by atoms with Crippen molar-refractivity contribution in [3.05, 3.63) is 0 Å². The molecular formula is C26H42O10. The van der Waals surface area contributed by atoms with Gasteiger partial charge in [-0.25, -0.2) is 0 Å². The predicted octanol–water partition coefficient (Wildman–Crippen LogP) is 0.00230. The van der Waals surface area contributed by atoms with Gasteiger partial charge in [0.1, 0.15) is 24.4 Å². The molecule has 13 atom stereocenters. The molecule has 7 N–H and O–H groups in total. The van der Waals surface area contributed by atoms with Crippen molar-refractivity contribution in [2.45, 2.75) is 108 Å². The van der Waals surface area contributed by atoms with E-state index in [-0.39, 0.29) is 29.8 Å². The molecule has 10 nitrogen and oxygen atoms in total. The number of aliphatic carboxylic acids is 1. The fraction of sp³-hybridized carbons (Fsp3) is 0.962. The van der Waals surface area contributed by atoms with Gasteiger partial charge in [0.2, 0.25) is 0 Å². The molecule has 0 aromatic heterocycles. The summed E-state index contributed by atoms with van der Waals surface area (Å²) in [6.45, 7) is 3.04. The van der Waals surface area contributed by atoms with Crippen LogP contribution in [0.5, 0.6) is 0 Å². The van der Waals surface area contributed by atoms with Crippen molar-refractivity contribution in [3.63, 3.8) is 0 Å². The first-order valence-electron chi connectivity index (χ1n) is 13.4. The summed E-state index contributed by atoms with van der Waals surface area (Å²) in [5.74, 6) is -1.01. The van der Waals surface area contributed by atoms with Crippen molar-refractivity contribution >= 4 is 5.97 Å². The fourth-order valence-corrected chi connectivity index (χ4v) is 9.51. The first kappa shape index (κ1) is 26.7. The number of aliphatic hydroxyl groups excluding tert-OH is 5. The lowest BCUT2D eigenvalue weighted by Gasteiger charge is -2.65. The van der Waals surface area contributed by atoms with Crippen molar-refractivity contribution in [2.24, 2.45) is 34.0 Å². The van der Waals surface area contributed by atoms with Crippen LogP contribution in [0.4, 0.5) is 0 Å². The zero-order valence-corrected chi connectivity index (χ0v) is 21.1. The molecule has 5 aliphatic rings. The summed E-state index contributed by atoms with van der Waals surface area (Å²) in [6, 6.07) is 0. The van der Waals surface area contributed by atoms with Gasteiger partial charge in [-0.15, -0.1) is 0 Å². The monoisotopic (exact) mass is 514 g/mol. The number of carboxylic acids is 1. The maximum Gasteiger partial charge on any atom is 0.309 e. The number of fused-ring (bicyclic) bond motifs is 3. The van der Waals surface area contributed by atoms with Crippen LogP contribution in [0.25, 0.3) is 0 Å². The summed E-state index contributed by atoms with van der Waals surface area (Å²) < 4.78 is 12.1. The molecule has 1 heterocycles. The highest BCUT2D eigenvalue weighted by atomic mass is 16.7. The van der Waals surface area contributed by atoms with Crippen LogP contribution in [0, 0.1) is 34.0 Å². The molecular weight excluding hydrogens is 472 g/mol. The standard InChI is InChI=1S/C26H42O10/c1-23(22(32)33)7-6-17(36-21-20(31)19(30)18(29)14(10-27)35-21)24(2)15(23)5-8-25-9-13(3-4-16(24)25)26(34,11-25)12-28/h13-21,27-31,34H,3-12H2,1-2H3,(H,32,33). The van der Waals surface area contributed by atoms with Crippen LogP contribution in [0.15, 0.2) is 0 Å². The Morgan fingerprint density at radius 3 is 2.33 bits per heavy atom. The van der Waals surface area contributed by atoms with E-state index < -0.39 is 65.8 Å². The Bertz CT molecular complexity index is 868. The van der Waals surface area contributed by atoms with E-state index in [0.29, 0.717) is 25.7 Å². The quantitative estimate of drug-likeness (QED) is 0.264. The maximum atomic E-state index is 12.6. The molecule has 10 heteroatoms. The van der Waals surface area contributed by atoms with Crippen molar-refractivity contribution < 1.29 is 50.0 Å². The molecule has 5 rings (SSSR count). The molecule has 1 aliphatic heterocycles. The number of hydrogen-bond donors (Lipinski definition) is 7. The smallest absolute Gasteiger partial charge is 0.309 e. The van der Waals surface area contributed by atoms with E-state index >= 15 is 0 Å². The van der Waals surface area contributed by atoms with Gasteiger partial charge in [-0.2, -0.15) is 0 Å². The zero-order valence-electron chi connectivity index (χ0n) is 21.1. The molecule has 0 aromatic rings. The van der Waals surface area contributed by atoms with E-state index in [1.54, 1.807) is 0 Å². The fourth-order valence-electron chi connectivity index (χ4n) is 9.51. The minimum absolute atomic E-state index is 0.0122. The van der Waals surface area contributed by atoms with E-state index in [1.807, 2.05) is 6.92 Å². The summed E-state index contributed by atoms with van der Waals surface area (Å²) in [5.41, 5.74) is -2.96. The van der Waals surface area contributed by atoms with Crippen LogP contribution in [-0.2, 0) is 14.3 Å². The Morgan fingerprint density at radius 1 is 0.972 bits per heavy atom. The number of carboxylic acid groups (broad SMARTS) is 1. The lowest BCUT2D eigenvalue weighted by atomic mass is 9.40. The molecule has 1 saturated heterocycles. The van der Waals surface area contributed by atoms with Crippen LogP contribution >= 0.6 is 0 Å². The van der Waals surface area contributed by atoms with Crippen LogP contribution < -0.4 is 0 Å². The van der Waals surface area contributed by atoms with Gasteiger partial charge >= 0.3 is 5.97 Å². The molecule has 206 valence electrons. The van der Waals surface area contributed by atoms with Gasteiger partial charge in [0.15, 0.2) is 6.29 Å². The minimum Gasteiger partial charge on any atom is -0.481 e. The first-order chi connectivity index (χ1) is 16.9. The maximum absolute atomic E-state index is 12.6. The molecule has 13 unspecified atom stereocenters. The van der Waals surface area contributed by atoms with Gasteiger partial charge in [0, 0.05) is 5.41 Å². The number of aliphatic hydroxyl groups is 6. The van der Waals surface area contributed by atoms with E-state index in [1.165, 1.54) is 0 Å². The topological polar surface area (TPSA) is 177 Å². The van der Waals surface area contributed by atoms with Gasteiger partial charge in [0.05, 0.1) is 30.3 Å². The van der Waals surface area contributed by atoms with Crippen molar-refractivity contribution in [1.29, 1.82) is 0 Å². The van der Waals surface area contributed by atoms with Gasteiger partial charge in [0.25, 0.3) is 0 Å². The van der Waals surface area contributed by atoms with Crippen molar-refractivity contribution in [3.8, 4) is 0 Å². The summed E-state index contributed by atoms with van der Waals surface area (Å²) >= 11 is 0. The zero-order chi connectivity index (χ0) is 26.3. The Labute approximate surface area is 211 Å². The highest BCUT2D eigenvalue weighted by Gasteiger charge is 2.71. The Morgan fingerprint density at radius 2 is 1.69 bits per heavy atom. The van der Waals surface area contributed by atoms with Crippen molar-refractivity contribution in [1.82, 2.24) is 0 Å². The third kappa shape index (κ3) is 3.56. The van der Waals surface area contributed by atoms with Gasteiger partial charge in [-0.3, -0.25) is 4.79 Å². The van der Waals surface area contributed by atoms with Crippen LogP contribution in [0.3, 0.4) is 0 Å². The minimum atomic E-state index is -1.56. The molecule has 1 spiro atoms. The van der Waals surface area contributed by atoms with Crippen LogP contribution in [-0.4, -0.2) is 97.3 Å². The predicted molar refractivity (Wildman–Crippen MR) is 124 cm³/mol. The van der Waals surface area contributed by atoms with Crippen molar-refractivity contribution in [2.75, 3.05) is 13.2 Å². The number of carbonyl (C=O) groups is 1. The summed E-state index contributed by atoms with van der Waals surface area (Å²) in [7, 11) is 0. The second-order valence-corrected chi connectivity index (χ2v) is 12.9. The first-order valence-corrected chi connectivity index (χ1v) is 13.4. The molecule has 0 aromatic carbocycles. The number of rotatable bonds is 5. The number of ether oxygens (including phenoxy) is 2. The average Bonchev–Trinajstić information content (AvgIpc) is 3.05. The lowest BCUT2D eigenvalue weighted by Crippen LogP contribution is -2.66. The summed E-state index contributed by atoms with van der Waals surface area (Å²) in [5, 5.41) is 72.4. The van der Waals surface area contributed by atoms with Crippen LogP contribution in [0.2, 0.25) is 0 Å². The third-order valence-corrected chi connectivity index (χ3v) is 11.3. The summed E-state index contributed by atoms with van der Waals surface area (Å²) in [6.07, 6.45) is -2.45. The molecule has 4 saturated carbocycles. The van der Waals surface area contributed by atoms with Gasteiger partial charge in [-0.05, 0) is 81.5 Å². The molecule has 0 amide bonds. The molecule has 36 heavy (non-hydrogen) atoms. The highest BCUT2D eigenvalue weighted by Crippen LogP contribution is 2.73. The highest BCUT2D eigenvalue weighted by molar-refractivity contribution is 5.75. The van der Waals surface area contributed by atoms with E-state index in [2.05, 4.69) is 6.92 Å². The lowest BCUT2D eigenvalue weighted by molar-refractivity contribution is -0.336. The van der Waals surface area contributed by atoms with Gasteiger partial charge < -0.3 is 45.2 Å². The average molecular weight is 515 g/mol. The Hall–Kier alpha value is -0.850. The van der Waals surface area contributed by atoms with E-state index in [9.17, 15) is 40.5 Å². The Kier molecular flexibility index (Phi) is 6.57. The second kappa shape index (κ2) is 8.84. The van der Waals surface area contributed by atoms with Crippen LogP contribution in [0.1, 0.15) is 65.2 Å². The SMILES string of the molecule is CC1(C(=O)O)CCC(OC2OC(CO)C(O)C(O)C2O)C2(C)C3CCC4CC3(CCC12)CC4(O)CO. The van der Waals surface area contributed by atoms with E-state index in [4.69, 9.17) is 9.47 Å². The van der Waals surface area contributed by atoms with Gasteiger partial charge in [-0.1, -0.05) is 6.92 Å². The molecule has 2 bridgehead atoms.